The predicted molar refractivity (Wildman–Crippen MR) is 138 cm³/mol. The highest BCUT2D eigenvalue weighted by atomic mass is 32.2. The third-order valence-electron chi connectivity index (χ3n) is 4.93. The van der Waals surface area contributed by atoms with Crippen molar-refractivity contribution in [3.05, 3.63) is 60.0 Å². The van der Waals surface area contributed by atoms with Crippen molar-refractivity contribution in [2.45, 2.75) is 30.5 Å². The van der Waals surface area contributed by atoms with Crippen LogP contribution in [0.3, 0.4) is 0 Å². The summed E-state index contributed by atoms with van der Waals surface area (Å²) in [6.07, 6.45) is 0.770. The Morgan fingerprint density at radius 2 is 1.81 bits per heavy atom. The molecule has 0 saturated carbocycles. The summed E-state index contributed by atoms with van der Waals surface area (Å²) < 4.78 is 11.2. The SMILES string of the molecule is COc1ccccc1NC(=O)CCSc1nnc(NC(=O)CCc2nc(-c3ccc(C)cc3)no2)s1. The van der Waals surface area contributed by atoms with Crippen LogP contribution in [-0.2, 0) is 16.0 Å². The van der Waals surface area contributed by atoms with Crippen LogP contribution >= 0.6 is 23.1 Å². The molecule has 0 unspecified atom stereocenters. The zero-order valence-corrected chi connectivity index (χ0v) is 21.3. The fourth-order valence-electron chi connectivity index (χ4n) is 3.09. The van der Waals surface area contributed by atoms with Crippen molar-refractivity contribution in [2.75, 3.05) is 23.5 Å². The third-order valence-corrected chi connectivity index (χ3v) is 6.91. The number of nitrogens with zero attached hydrogens (tertiary/aromatic N) is 4. The van der Waals surface area contributed by atoms with Gasteiger partial charge in [0.15, 0.2) is 4.34 Å². The van der Waals surface area contributed by atoms with E-state index in [2.05, 4.69) is 31.0 Å². The second-order valence-electron chi connectivity index (χ2n) is 7.65. The molecule has 0 aliphatic carbocycles. The van der Waals surface area contributed by atoms with Gasteiger partial charge in [-0.15, -0.1) is 10.2 Å². The van der Waals surface area contributed by atoms with Gasteiger partial charge >= 0.3 is 0 Å². The number of aryl methyl sites for hydroxylation is 2. The highest BCUT2D eigenvalue weighted by Gasteiger charge is 2.13. The number of amides is 2. The zero-order chi connectivity index (χ0) is 25.3. The Balaban J connectivity index is 1.18. The minimum Gasteiger partial charge on any atom is -0.495 e. The smallest absolute Gasteiger partial charge is 0.227 e. The van der Waals surface area contributed by atoms with Gasteiger partial charge in [0.25, 0.3) is 0 Å². The maximum atomic E-state index is 12.3. The van der Waals surface area contributed by atoms with Gasteiger partial charge in [-0.1, -0.05) is 70.2 Å². The van der Waals surface area contributed by atoms with Gasteiger partial charge in [0.2, 0.25) is 28.7 Å². The topological polar surface area (TPSA) is 132 Å². The lowest BCUT2D eigenvalue weighted by atomic mass is 10.1. The first-order valence-corrected chi connectivity index (χ1v) is 12.9. The third kappa shape index (κ3) is 7.12. The number of benzene rings is 2. The Bertz CT molecular complexity index is 1320. The van der Waals surface area contributed by atoms with Crippen molar-refractivity contribution in [3.8, 4) is 17.1 Å². The van der Waals surface area contributed by atoms with Crippen LogP contribution in [0.4, 0.5) is 10.8 Å². The number of ether oxygens (including phenoxy) is 1. The molecular weight excluding hydrogens is 500 g/mol. The molecule has 0 fully saturated rings. The molecule has 4 rings (SSSR count). The van der Waals surface area contributed by atoms with Gasteiger partial charge in [-0.05, 0) is 19.1 Å². The molecule has 0 bridgehead atoms. The Morgan fingerprint density at radius 3 is 2.61 bits per heavy atom. The van der Waals surface area contributed by atoms with Crippen LogP contribution in [0.25, 0.3) is 11.4 Å². The molecule has 12 heteroatoms. The lowest BCUT2D eigenvalue weighted by Gasteiger charge is -2.09. The normalized spacial score (nSPS) is 10.7. The van der Waals surface area contributed by atoms with Crippen LogP contribution in [0.1, 0.15) is 24.3 Å². The molecule has 4 aromatic rings. The molecule has 0 saturated heterocycles. The van der Waals surface area contributed by atoms with E-state index in [4.69, 9.17) is 9.26 Å². The molecule has 2 aromatic heterocycles. The second kappa shape index (κ2) is 12.3. The number of methoxy groups -OCH3 is 1. The number of para-hydroxylation sites is 2. The van der Waals surface area contributed by atoms with E-state index in [-0.39, 0.29) is 18.2 Å². The van der Waals surface area contributed by atoms with Gasteiger partial charge in [0.1, 0.15) is 5.75 Å². The molecule has 36 heavy (non-hydrogen) atoms. The number of hydrogen-bond donors (Lipinski definition) is 2. The number of carbonyl (C=O) groups excluding carboxylic acids is 2. The summed E-state index contributed by atoms with van der Waals surface area (Å²) in [5.74, 6) is 1.65. The number of carbonyl (C=O) groups is 2. The Hall–Kier alpha value is -3.77. The van der Waals surface area contributed by atoms with E-state index in [9.17, 15) is 9.59 Å². The number of nitrogens with one attached hydrogen (secondary N) is 2. The summed E-state index contributed by atoms with van der Waals surface area (Å²) in [4.78, 5) is 28.9. The molecule has 0 spiro atoms. The van der Waals surface area contributed by atoms with Crippen molar-refractivity contribution in [1.29, 1.82) is 0 Å². The van der Waals surface area contributed by atoms with E-state index in [1.54, 1.807) is 19.2 Å². The van der Waals surface area contributed by atoms with Crippen LogP contribution in [0, 0.1) is 6.92 Å². The highest BCUT2D eigenvalue weighted by molar-refractivity contribution is 8.01. The number of anilines is 2. The van der Waals surface area contributed by atoms with E-state index in [0.29, 0.717) is 51.2 Å². The quantitative estimate of drug-likeness (QED) is 0.213. The lowest BCUT2D eigenvalue weighted by molar-refractivity contribution is -0.116. The van der Waals surface area contributed by atoms with Gasteiger partial charge in [-0.25, -0.2) is 0 Å². The maximum absolute atomic E-state index is 12.3. The summed E-state index contributed by atoms with van der Waals surface area (Å²) in [5, 5.41) is 18.0. The maximum Gasteiger partial charge on any atom is 0.227 e. The molecule has 0 aliphatic heterocycles. The lowest BCUT2D eigenvalue weighted by Crippen LogP contribution is -2.12. The molecule has 2 aromatic carbocycles. The standard InChI is InChI=1S/C24H24N6O4S2/c1-15-7-9-16(10-8-15)22-27-21(34-30-22)12-11-19(31)26-23-28-29-24(36-23)35-14-13-20(32)25-17-5-3-4-6-18(17)33-2/h3-10H,11-14H2,1-2H3,(H,25,32)(H,26,28,31). The fraction of sp³-hybridized carbons (Fsp3) is 0.250. The molecule has 0 atom stereocenters. The van der Waals surface area contributed by atoms with E-state index in [0.717, 1.165) is 11.1 Å². The van der Waals surface area contributed by atoms with Crippen molar-refractivity contribution in [2.24, 2.45) is 0 Å². The number of thioether (sulfide) groups is 1. The minimum atomic E-state index is -0.228. The number of rotatable bonds is 11. The summed E-state index contributed by atoms with van der Waals surface area (Å²) in [6.45, 7) is 2.01. The predicted octanol–water partition coefficient (Wildman–Crippen LogP) is 4.60. The van der Waals surface area contributed by atoms with Crippen molar-refractivity contribution >= 4 is 45.7 Å². The summed E-state index contributed by atoms with van der Waals surface area (Å²) in [5.41, 5.74) is 2.63. The van der Waals surface area contributed by atoms with Crippen molar-refractivity contribution in [3.63, 3.8) is 0 Å². The van der Waals surface area contributed by atoms with Crippen molar-refractivity contribution < 1.29 is 18.8 Å². The van der Waals surface area contributed by atoms with Crippen LogP contribution in [0.5, 0.6) is 5.75 Å². The van der Waals surface area contributed by atoms with E-state index >= 15 is 0 Å². The summed E-state index contributed by atoms with van der Waals surface area (Å²) >= 11 is 2.65. The molecule has 186 valence electrons. The Kier molecular flexibility index (Phi) is 8.63. The molecule has 2 amide bonds. The first kappa shape index (κ1) is 25.3. The Morgan fingerprint density at radius 1 is 1.03 bits per heavy atom. The van der Waals surface area contributed by atoms with Crippen molar-refractivity contribution in [1.82, 2.24) is 20.3 Å². The minimum absolute atomic E-state index is 0.128. The average molecular weight is 525 g/mol. The molecule has 2 N–H and O–H groups in total. The van der Waals surface area contributed by atoms with Gasteiger partial charge in [0, 0.05) is 30.6 Å². The number of hydrogen-bond acceptors (Lipinski definition) is 10. The first-order chi connectivity index (χ1) is 17.5. The zero-order valence-electron chi connectivity index (χ0n) is 19.7. The van der Waals surface area contributed by atoms with E-state index < -0.39 is 0 Å². The molecular formula is C24H24N6O4S2. The fourth-order valence-corrected chi connectivity index (χ4v) is 4.87. The van der Waals surface area contributed by atoms with Gasteiger partial charge < -0.3 is 19.9 Å². The first-order valence-electron chi connectivity index (χ1n) is 11.1. The number of aromatic nitrogens is 4. The monoisotopic (exact) mass is 524 g/mol. The summed E-state index contributed by atoms with van der Waals surface area (Å²) in [7, 11) is 1.56. The van der Waals surface area contributed by atoms with Crippen LogP contribution < -0.4 is 15.4 Å². The largest absolute Gasteiger partial charge is 0.495 e. The van der Waals surface area contributed by atoms with Gasteiger partial charge in [-0.3, -0.25) is 9.59 Å². The molecule has 2 heterocycles. The van der Waals surface area contributed by atoms with Crippen LogP contribution in [0.2, 0.25) is 0 Å². The highest BCUT2D eigenvalue weighted by Crippen LogP contribution is 2.27. The second-order valence-corrected chi connectivity index (χ2v) is 9.97. The average Bonchev–Trinajstić information content (AvgIpc) is 3.53. The van der Waals surface area contributed by atoms with Gasteiger partial charge in [0.05, 0.1) is 12.8 Å². The van der Waals surface area contributed by atoms with Gasteiger partial charge in [-0.2, -0.15) is 4.98 Å². The van der Waals surface area contributed by atoms with E-state index in [1.165, 1.54) is 23.1 Å². The Labute approximate surface area is 215 Å². The van der Waals surface area contributed by atoms with Crippen LogP contribution in [0.15, 0.2) is 57.4 Å². The summed E-state index contributed by atoms with van der Waals surface area (Å²) in [6, 6.07) is 15.0. The van der Waals surface area contributed by atoms with Crippen LogP contribution in [-0.4, -0.2) is 45.0 Å². The molecule has 10 nitrogen and oxygen atoms in total. The molecule has 0 aliphatic rings. The van der Waals surface area contributed by atoms with E-state index in [1.807, 2.05) is 43.3 Å². The molecule has 0 radical (unpaired) electrons.